The normalized spacial score (nSPS) is 10.8. The molecule has 0 amide bonds. The molecule has 0 saturated carbocycles. The van der Waals surface area contributed by atoms with Crippen molar-refractivity contribution in [2.45, 2.75) is 13.5 Å². The molecular weight excluding hydrogens is 218 g/mol. The third-order valence-corrected chi connectivity index (χ3v) is 1.97. The molecule has 0 saturated heterocycles. The second-order valence-electron chi connectivity index (χ2n) is 2.95. The van der Waals surface area contributed by atoms with Gasteiger partial charge in [0.1, 0.15) is 0 Å². The van der Waals surface area contributed by atoms with Crippen molar-refractivity contribution < 1.29 is 5.21 Å². The van der Waals surface area contributed by atoms with Crippen LogP contribution in [0.1, 0.15) is 11.1 Å². The molecule has 0 aliphatic heterocycles. The quantitative estimate of drug-likeness (QED) is 0.789. The van der Waals surface area contributed by atoms with Gasteiger partial charge in [0.25, 0.3) is 0 Å². The zero-order chi connectivity index (χ0) is 9.14. The molecule has 1 N–H and O–H groups in total. The Morgan fingerprint density at radius 3 is 2.58 bits per heavy atom. The number of aryl methyl sites for hydroxylation is 1. The highest BCUT2D eigenvalue weighted by molar-refractivity contribution is 9.10. The van der Waals surface area contributed by atoms with Crippen LogP contribution in [0.5, 0.6) is 0 Å². The molecule has 1 rings (SSSR count). The Bertz CT molecular complexity index is 253. The lowest BCUT2D eigenvalue weighted by atomic mass is 10.1. The Kier molecular flexibility index (Phi) is 3.26. The molecule has 0 atom stereocenters. The highest BCUT2D eigenvalue weighted by Crippen LogP contribution is 2.15. The van der Waals surface area contributed by atoms with Gasteiger partial charge < -0.3 is 5.21 Å². The Labute approximate surface area is 80.9 Å². The smallest absolute Gasteiger partial charge is 0.0486 e. The Hall–Kier alpha value is -0.380. The largest absolute Gasteiger partial charge is 0.314 e. The molecule has 0 aromatic heterocycles. The van der Waals surface area contributed by atoms with Crippen LogP contribution in [-0.4, -0.2) is 17.3 Å². The van der Waals surface area contributed by atoms with E-state index in [4.69, 9.17) is 5.21 Å². The van der Waals surface area contributed by atoms with Gasteiger partial charge in [0.2, 0.25) is 0 Å². The summed E-state index contributed by atoms with van der Waals surface area (Å²) >= 11 is 3.40. The van der Waals surface area contributed by atoms with Crippen LogP contribution < -0.4 is 0 Å². The Morgan fingerprint density at radius 1 is 1.42 bits per heavy atom. The second-order valence-corrected chi connectivity index (χ2v) is 3.87. The fourth-order valence-corrected chi connectivity index (χ4v) is 1.82. The van der Waals surface area contributed by atoms with Crippen LogP contribution in [0.15, 0.2) is 22.7 Å². The number of hydroxylamine groups is 2. The molecule has 0 heterocycles. The molecule has 0 fully saturated rings. The standard InChI is InChI=1S/C9H12BrNO/c1-7-3-8(6-11(2)12)5-9(10)4-7/h3-5,12H,6H2,1-2H3. The van der Waals surface area contributed by atoms with Crippen LogP contribution in [0.25, 0.3) is 0 Å². The Balaban J connectivity index is 2.85. The van der Waals surface area contributed by atoms with Gasteiger partial charge in [0.15, 0.2) is 0 Å². The fraction of sp³-hybridized carbons (Fsp3) is 0.333. The van der Waals surface area contributed by atoms with Gasteiger partial charge >= 0.3 is 0 Å². The number of nitrogens with zero attached hydrogens (tertiary/aromatic N) is 1. The summed E-state index contributed by atoms with van der Waals surface area (Å²) in [7, 11) is 1.64. The van der Waals surface area contributed by atoms with Crippen molar-refractivity contribution in [1.82, 2.24) is 5.06 Å². The van der Waals surface area contributed by atoms with Gasteiger partial charge in [0, 0.05) is 18.1 Å². The van der Waals surface area contributed by atoms with Crippen molar-refractivity contribution >= 4 is 15.9 Å². The summed E-state index contributed by atoms with van der Waals surface area (Å²) in [6, 6.07) is 6.10. The van der Waals surface area contributed by atoms with E-state index >= 15 is 0 Å². The number of rotatable bonds is 2. The van der Waals surface area contributed by atoms with E-state index in [1.807, 2.05) is 19.1 Å². The minimum Gasteiger partial charge on any atom is -0.314 e. The van der Waals surface area contributed by atoms with Crippen LogP contribution in [0.3, 0.4) is 0 Å². The second kappa shape index (κ2) is 4.03. The predicted octanol–water partition coefficient (Wildman–Crippen LogP) is 2.58. The number of halogens is 1. The highest BCUT2D eigenvalue weighted by Gasteiger charge is 1.98. The summed E-state index contributed by atoms with van der Waals surface area (Å²) in [5.41, 5.74) is 2.30. The van der Waals surface area contributed by atoms with Crippen molar-refractivity contribution in [1.29, 1.82) is 0 Å². The average molecular weight is 230 g/mol. The van der Waals surface area contributed by atoms with Crippen molar-refractivity contribution in [2.75, 3.05) is 7.05 Å². The van der Waals surface area contributed by atoms with E-state index in [1.54, 1.807) is 7.05 Å². The third kappa shape index (κ3) is 2.93. The minimum absolute atomic E-state index is 0.556. The molecule has 1 aromatic rings. The van der Waals surface area contributed by atoms with E-state index < -0.39 is 0 Å². The van der Waals surface area contributed by atoms with E-state index in [0.29, 0.717) is 6.54 Å². The van der Waals surface area contributed by atoms with Crippen molar-refractivity contribution in [3.05, 3.63) is 33.8 Å². The van der Waals surface area contributed by atoms with Gasteiger partial charge in [-0.2, -0.15) is 5.06 Å². The zero-order valence-corrected chi connectivity index (χ0v) is 8.80. The first kappa shape index (κ1) is 9.71. The van der Waals surface area contributed by atoms with E-state index in [1.165, 1.54) is 10.6 Å². The maximum absolute atomic E-state index is 9.01. The molecule has 0 radical (unpaired) electrons. The lowest BCUT2D eigenvalue weighted by Gasteiger charge is -2.08. The van der Waals surface area contributed by atoms with Gasteiger partial charge in [-0.15, -0.1) is 0 Å². The molecule has 0 aliphatic rings. The monoisotopic (exact) mass is 229 g/mol. The van der Waals surface area contributed by atoms with Crippen LogP contribution in [-0.2, 0) is 6.54 Å². The van der Waals surface area contributed by atoms with Crippen LogP contribution in [0, 0.1) is 6.92 Å². The first-order chi connectivity index (χ1) is 5.58. The highest BCUT2D eigenvalue weighted by atomic mass is 79.9. The summed E-state index contributed by atoms with van der Waals surface area (Å²) in [6.07, 6.45) is 0. The molecule has 2 nitrogen and oxygen atoms in total. The minimum atomic E-state index is 0.556. The van der Waals surface area contributed by atoms with E-state index in [0.717, 1.165) is 10.0 Å². The lowest BCUT2D eigenvalue weighted by Crippen LogP contribution is -2.11. The summed E-state index contributed by atoms with van der Waals surface area (Å²) in [4.78, 5) is 0. The van der Waals surface area contributed by atoms with Crippen LogP contribution >= 0.6 is 15.9 Å². The van der Waals surface area contributed by atoms with Gasteiger partial charge in [0.05, 0.1) is 0 Å². The van der Waals surface area contributed by atoms with Gasteiger partial charge in [-0.25, -0.2) is 0 Å². The number of hydrogen-bond acceptors (Lipinski definition) is 2. The van der Waals surface area contributed by atoms with Gasteiger partial charge in [-0.1, -0.05) is 22.0 Å². The predicted molar refractivity (Wildman–Crippen MR) is 52.1 cm³/mol. The first-order valence-electron chi connectivity index (χ1n) is 3.74. The topological polar surface area (TPSA) is 23.5 Å². The molecule has 0 spiro atoms. The first-order valence-corrected chi connectivity index (χ1v) is 4.53. The summed E-state index contributed by atoms with van der Waals surface area (Å²) in [5, 5.41) is 10.2. The van der Waals surface area contributed by atoms with E-state index in [2.05, 4.69) is 22.0 Å². The molecule has 66 valence electrons. The van der Waals surface area contributed by atoms with Crippen molar-refractivity contribution in [2.24, 2.45) is 0 Å². The SMILES string of the molecule is Cc1cc(Br)cc(CN(C)O)c1. The number of benzene rings is 1. The molecule has 12 heavy (non-hydrogen) atoms. The molecule has 3 heteroatoms. The zero-order valence-electron chi connectivity index (χ0n) is 7.21. The molecule has 0 unspecified atom stereocenters. The maximum Gasteiger partial charge on any atom is 0.0486 e. The molecule has 1 aromatic carbocycles. The van der Waals surface area contributed by atoms with Crippen LogP contribution in [0.4, 0.5) is 0 Å². The summed E-state index contributed by atoms with van der Waals surface area (Å²) in [6.45, 7) is 2.59. The average Bonchev–Trinajstić information content (AvgIpc) is 1.81. The van der Waals surface area contributed by atoms with E-state index in [-0.39, 0.29) is 0 Å². The van der Waals surface area contributed by atoms with Crippen molar-refractivity contribution in [3.8, 4) is 0 Å². The Morgan fingerprint density at radius 2 is 2.08 bits per heavy atom. The molecule has 0 bridgehead atoms. The molecular formula is C9H12BrNO. The fourth-order valence-electron chi connectivity index (χ4n) is 1.17. The lowest BCUT2D eigenvalue weighted by molar-refractivity contribution is -0.0731. The number of hydrogen-bond donors (Lipinski definition) is 1. The van der Waals surface area contributed by atoms with E-state index in [9.17, 15) is 0 Å². The van der Waals surface area contributed by atoms with Gasteiger partial charge in [-0.3, -0.25) is 0 Å². The third-order valence-electron chi connectivity index (χ3n) is 1.51. The van der Waals surface area contributed by atoms with Crippen molar-refractivity contribution in [3.63, 3.8) is 0 Å². The summed E-state index contributed by atoms with van der Waals surface area (Å²) in [5.74, 6) is 0. The maximum atomic E-state index is 9.01. The molecule has 0 aliphatic carbocycles. The van der Waals surface area contributed by atoms with Gasteiger partial charge in [-0.05, 0) is 30.2 Å². The van der Waals surface area contributed by atoms with Crippen LogP contribution in [0.2, 0.25) is 0 Å². The summed E-state index contributed by atoms with van der Waals surface area (Å²) < 4.78 is 1.05.